The number of nitrogens with two attached hydrogens (primary N) is 1. The summed E-state index contributed by atoms with van der Waals surface area (Å²) in [5.74, 6) is 5.37. The summed E-state index contributed by atoms with van der Waals surface area (Å²) in [4.78, 5) is 57.4. The Balaban J connectivity index is 0.000000211. The molecule has 0 spiro atoms. The van der Waals surface area contributed by atoms with Gasteiger partial charge in [0.05, 0.1) is 70.9 Å². The molecule has 3 unspecified atom stereocenters. The molecule has 10 aromatic rings. The van der Waals surface area contributed by atoms with Crippen molar-refractivity contribution < 1.29 is 27.9 Å². The van der Waals surface area contributed by atoms with Crippen LogP contribution in [0.1, 0.15) is 110 Å². The van der Waals surface area contributed by atoms with Gasteiger partial charge in [-0.2, -0.15) is 10.2 Å². The van der Waals surface area contributed by atoms with Crippen molar-refractivity contribution in [3.8, 4) is 0 Å². The average Bonchev–Trinajstić information content (AvgIpc) is 1.73. The molecule has 104 heavy (non-hydrogen) atoms. The summed E-state index contributed by atoms with van der Waals surface area (Å²) in [5, 5.41) is 55.4. The third-order valence-electron chi connectivity index (χ3n) is 14.2. The van der Waals surface area contributed by atoms with Gasteiger partial charge in [-0.15, -0.1) is 30.6 Å². The highest BCUT2D eigenvalue weighted by atomic mass is 127. The molecule has 558 valence electrons. The highest BCUT2D eigenvalue weighted by Gasteiger charge is 2.31. The first-order valence-corrected chi connectivity index (χ1v) is 56.6. The van der Waals surface area contributed by atoms with Gasteiger partial charge in [0.25, 0.3) is 17.0 Å². The quantitative estimate of drug-likeness (QED) is 0.0478. The molecule has 49 heteroatoms. The molecule has 0 bridgehead atoms. The van der Waals surface area contributed by atoms with E-state index in [9.17, 15) is 28.0 Å². The van der Waals surface area contributed by atoms with Gasteiger partial charge in [-0.3, -0.25) is 19.4 Å². The van der Waals surface area contributed by atoms with Crippen molar-refractivity contribution in [3.05, 3.63) is 198 Å². The molecular weight excluding hydrogens is 2050 g/mol. The lowest BCUT2D eigenvalue weighted by molar-refractivity contribution is 0.0671. The molecule has 3 aliphatic heterocycles. The summed E-state index contributed by atoms with van der Waals surface area (Å²) in [6.07, 6.45) is 3.87. The summed E-state index contributed by atoms with van der Waals surface area (Å²) in [6.45, 7) is 12.6. The Morgan fingerprint density at radius 3 is 1.41 bits per heavy atom. The number of nitrogens with one attached hydrogen (secondary N) is 5. The number of nitrogens with zero attached hydrogens (tertiary/aromatic N) is 14. The number of hydrogen-bond acceptors (Lipinski definition) is 20. The highest BCUT2D eigenvalue weighted by molar-refractivity contribution is 14.1. The van der Waals surface area contributed by atoms with Crippen LogP contribution < -0.4 is 33.0 Å². The first kappa shape index (κ1) is 84.5. The molecular formula is C55H59F2I3N20O5S19. The number of aromatic nitrogens is 15. The summed E-state index contributed by atoms with van der Waals surface area (Å²) in [6, 6.07) is 23.5. The summed E-state index contributed by atoms with van der Waals surface area (Å²) in [7, 11) is 29.0. The Morgan fingerprint density at radius 1 is 0.606 bits per heavy atom. The van der Waals surface area contributed by atoms with Crippen molar-refractivity contribution in [3.63, 3.8) is 0 Å². The molecule has 1 amide bonds. The Labute approximate surface area is 696 Å². The predicted molar refractivity (Wildman–Crippen MR) is 479 cm³/mol. The highest BCUT2D eigenvalue weighted by Crippen LogP contribution is 2.27. The predicted octanol–water partition coefficient (Wildman–Crippen LogP) is 7.03. The molecule has 0 radical (unpaired) electrons. The van der Waals surface area contributed by atoms with Crippen molar-refractivity contribution in [1.29, 1.82) is 0 Å². The fourth-order valence-corrected chi connectivity index (χ4v) is 53.6. The van der Waals surface area contributed by atoms with Gasteiger partial charge < -0.3 is 39.8 Å². The zero-order valence-electron chi connectivity index (χ0n) is 55.7. The molecule has 3 atom stereocenters. The van der Waals surface area contributed by atoms with Crippen molar-refractivity contribution in [2.75, 3.05) is 25.1 Å². The molecule has 0 fully saturated rings. The number of rotatable bonds is 7. The molecule has 13 rings (SSSR count). The summed E-state index contributed by atoms with van der Waals surface area (Å²) < 4.78 is 47.2. The summed E-state index contributed by atoms with van der Waals surface area (Å²) >= 11 is 16.0. The second-order valence-electron chi connectivity index (χ2n) is 21.0. The number of halogens is 5. The SMILES string of the molecule is CC1CN(C(=O)c2cc(Cc3n[nH]c(=O)c4ccccc34)ccc2F)Cc2nnc(I)n21.CC1CNCc2nnc(I)n21.CC1CNCc2nnc(I)n21.Cc1cncc(NN)n1.O=C(O)c1cc(Cc2n[nH]c(=O)c3ccccc23)ccc1F.S=S=S=S=S=S=S=S=S=S=S=S=S=S=S=S=S=S=S.[2H][2H].[HH]. The maximum Gasteiger partial charge on any atom is 0.338 e. The van der Waals surface area contributed by atoms with Crippen molar-refractivity contribution in [2.45, 2.75) is 78.3 Å². The van der Waals surface area contributed by atoms with E-state index in [1.807, 2.05) is 30.5 Å². The van der Waals surface area contributed by atoms with Crippen LogP contribution in [-0.4, -0.2) is 116 Å². The van der Waals surface area contributed by atoms with E-state index < -0.39 is 17.6 Å². The van der Waals surface area contributed by atoms with Gasteiger partial charge in [-0.05, 0) is 75.2 Å². The van der Waals surface area contributed by atoms with Crippen LogP contribution in [0.5, 0.6) is 0 Å². The number of carbonyl (C=O) groups excluding carboxylic acids is 1. The van der Waals surface area contributed by atoms with Crippen LogP contribution >= 0.6 is 67.8 Å². The van der Waals surface area contributed by atoms with Crippen LogP contribution in [0.2, 0.25) is 0 Å². The minimum Gasteiger partial charge on any atom is -0.478 e. The van der Waals surface area contributed by atoms with Gasteiger partial charge in [0, 0.05) is 307 Å². The number of H-pyrrole nitrogens is 2. The molecule has 0 saturated carbocycles. The first-order chi connectivity index (χ1) is 51.3. The number of fused-ring (bicyclic) bond motifs is 5. The number of hydrazine groups is 1. The molecule has 4 aromatic carbocycles. The number of hydrogen-bond donors (Lipinski definition) is 7. The Bertz CT molecular complexity index is 5660. The number of aromatic amines is 2. The van der Waals surface area contributed by atoms with E-state index in [0.717, 1.165) is 72.0 Å². The van der Waals surface area contributed by atoms with E-state index in [2.05, 4.69) is 168 Å². The van der Waals surface area contributed by atoms with Crippen LogP contribution in [-0.2, 0) is 206 Å². The number of nitrogen functional groups attached to an aromatic ring is 1. The fraction of sp³-hybridized carbons (Fsp3) is 0.273. The normalized spacial score (nSPS) is 14.2. The van der Waals surface area contributed by atoms with E-state index in [1.54, 1.807) is 199 Å². The van der Waals surface area contributed by atoms with Crippen LogP contribution in [0.25, 0.3) is 21.5 Å². The van der Waals surface area contributed by atoms with Gasteiger partial charge in [-0.25, -0.2) is 34.6 Å². The van der Waals surface area contributed by atoms with Gasteiger partial charge in [0.2, 0.25) is 0 Å². The number of benzene rings is 4. The van der Waals surface area contributed by atoms with Crippen molar-refractivity contribution in [2.24, 2.45) is 5.84 Å². The van der Waals surface area contributed by atoms with Crippen LogP contribution in [0.3, 0.4) is 0 Å². The van der Waals surface area contributed by atoms with E-state index >= 15 is 0 Å². The molecule has 6 aromatic heterocycles. The number of carboxylic acids is 1. The molecule has 0 saturated heterocycles. The zero-order valence-corrected chi connectivity index (χ0v) is 75.7. The Morgan fingerprint density at radius 2 is 1.01 bits per heavy atom. The second-order valence-corrected chi connectivity index (χ2v) is 54.0. The standard InChI is InChI=1S/C22H18FIN6O2.C16H11FN2O3.2C6H9IN4.C5H8N4.S19.2H2/c1-12-10-29(11-19-26-28-22(24)30(12)19)21(32)16-8-13(6-7-17(16)23)9-18-14-4-2-3-5-15(14)20(31)27-25-18;17-13-6-5-9(7-12(13)16(21)22)8-14-10-3-1-2-4-11(10)15(20)19-18-14;2*1-4-2-8-3-5-9-10-6(7)11(4)5;1-4-2-7-3-5(8-4)9-6;1-3-5-7-9-11-13-15-17-19-18-16-14-12-10-8-6-4-2;;/h2-8,12H,9-11H2,1H3,(H,27,31);1-7H,8H2,(H,19,20)(H,21,22);2*4,8H,2-3H2,1H3;2-3H,6H2,1H3,(H,8,9);;2*1H/i;;;;;;1+1D;. The average molecular weight is 2110 g/mol. The minimum atomic E-state index is -1.32. The third kappa shape index (κ3) is 26.1. The number of amides is 1. The third-order valence-corrected chi connectivity index (χ3v) is 52.0. The number of aryl methyl sites for hydroxylation is 1. The van der Waals surface area contributed by atoms with Crippen molar-refractivity contribution in [1.82, 2.24) is 90.2 Å². The van der Waals surface area contributed by atoms with Gasteiger partial charge >= 0.3 is 5.97 Å². The lowest BCUT2D eigenvalue weighted by atomic mass is 10.0. The maximum atomic E-state index is 14.7. The van der Waals surface area contributed by atoms with Crippen LogP contribution in [0, 0.1) is 30.1 Å². The monoisotopic (exact) mass is 2110 g/mol. The lowest BCUT2D eigenvalue weighted by Gasteiger charge is -2.32. The molecule has 9 heterocycles. The largest absolute Gasteiger partial charge is 0.478 e. The van der Waals surface area contributed by atoms with Crippen molar-refractivity contribution >= 4 is 280 Å². The van der Waals surface area contributed by atoms with Gasteiger partial charge in [0.15, 0.2) is 23.1 Å². The van der Waals surface area contributed by atoms with Crippen LogP contribution in [0.15, 0.2) is 107 Å². The zero-order chi connectivity index (χ0) is 76.5. The maximum absolute atomic E-state index is 14.7. The van der Waals surface area contributed by atoms with E-state index in [-0.39, 0.29) is 48.6 Å². The molecule has 25 nitrogen and oxygen atoms in total. The van der Waals surface area contributed by atoms with E-state index in [0.29, 0.717) is 69.8 Å². The Hall–Kier alpha value is -3.49. The Kier molecular flexibility index (Phi) is 37.1. The van der Waals surface area contributed by atoms with Gasteiger partial charge in [-0.1, -0.05) is 48.5 Å². The number of anilines is 1. The van der Waals surface area contributed by atoms with E-state index in [4.69, 9.17) is 36.3 Å². The minimum absolute atomic E-state index is 0. The topological polar surface area (TPSA) is 329 Å². The van der Waals surface area contributed by atoms with Crippen LogP contribution in [0.4, 0.5) is 14.6 Å². The molecule has 3 aliphatic rings. The summed E-state index contributed by atoms with van der Waals surface area (Å²) in [5.41, 5.74) is 4.89. The number of carbonyl (C=O) groups is 2. The first-order valence-electron chi connectivity index (χ1n) is 30.3. The lowest BCUT2D eigenvalue weighted by Crippen LogP contribution is -2.41. The fourth-order valence-electron chi connectivity index (χ4n) is 9.89. The second kappa shape index (κ2) is 45.6. The smallest absolute Gasteiger partial charge is 0.338 e. The molecule has 0 aliphatic carbocycles. The number of aromatic carboxylic acids is 1. The molecule has 8 N–H and O–H groups in total. The van der Waals surface area contributed by atoms with Gasteiger partial charge in [0.1, 0.15) is 23.3 Å². The van der Waals surface area contributed by atoms with E-state index in [1.165, 1.54) is 36.0 Å². The number of carboxylic acid groups (broad SMARTS) is 1.